The van der Waals surface area contributed by atoms with Gasteiger partial charge in [-0.25, -0.2) is 8.42 Å². The zero-order valence-electron chi connectivity index (χ0n) is 10.6. The van der Waals surface area contributed by atoms with Crippen molar-refractivity contribution >= 4 is 15.7 Å². The van der Waals surface area contributed by atoms with Crippen LogP contribution >= 0.6 is 0 Å². The fourth-order valence-electron chi connectivity index (χ4n) is 1.87. The van der Waals surface area contributed by atoms with Gasteiger partial charge in [0.2, 0.25) is 5.91 Å². The molecule has 1 aliphatic carbocycles. The highest BCUT2D eigenvalue weighted by Crippen LogP contribution is 2.32. The number of carbonyl (C=O) groups is 1. The molecule has 0 aromatic heterocycles. The van der Waals surface area contributed by atoms with Crippen molar-refractivity contribution < 1.29 is 13.2 Å². The molecule has 1 aliphatic rings. The van der Waals surface area contributed by atoms with Crippen molar-refractivity contribution in [2.75, 3.05) is 24.6 Å². The minimum Gasteiger partial charge on any atom is -0.342 e. The van der Waals surface area contributed by atoms with Gasteiger partial charge >= 0.3 is 0 Å². The Bertz CT molecular complexity index is 359. The first-order valence-electron chi connectivity index (χ1n) is 6.13. The summed E-state index contributed by atoms with van der Waals surface area (Å²) in [5.74, 6) is -0.453. The monoisotopic (exact) mass is 262 g/mol. The predicted octanol–water partition coefficient (Wildman–Crippen LogP) is 0.00690. The molecule has 1 atom stereocenters. The van der Waals surface area contributed by atoms with E-state index in [0.29, 0.717) is 19.0 Å². The Hall–Kier alpha value is -0.620. The molecule has 0 saturated heterocycles. The van der Waals surface area contributed by atoms with Crippen LogP contribution in [0.2, 0.25) is 0 Å². The summed E-state index contributed by atoms with van der Waals surface area (Å²) in [6.45, 7) is 4.76. The Kier molecular flexibility index (Phi) is 4.94. The molecule has 6 heteroatoms. The molecule has 2 N–H and O–H groups in total. The molecule has 1 saturated carbocycles. The van der Waals surface area contributed by atoms with Crippen molar-refractivity contribution in [2.45, 2.75) is 32.7 Å². The first-order chi connectivity index (χ1) is 7.89. The van der Waals surface area contributed by atoms with Gasteiger partial charge in [-0.15, -0.1) is 0 Å². The third-order valence-electron chi connectivity index (χ3n) is 3.13. The lowest BCUT2D eigenvalue weighted by Crippen LogP contribution is -2.39. The van der Waals surface area contributed by atoms with Crippen LogP contribution in [0.25, 0.3) is 0 Å². The Morgan fingerprint density at radius 3 is 2.29 bits per heavy atom. The molecule has 0 radical (unpaired) electrons. The van der Waals surface area contributed by atoms with E-state index in [-0.39, 0.29) is 17.7 Å². The number of nitrogens with zero attached hydrogens (tertiary/aromatic N) is 1. The summed E-state index contributed by atoms with van der Waals surface area (Å²) in [5, 5.41) is 0. The van der Waals surface area contributed by atoms with Crippen molar-refractivity contribution in [1.82, 2.24) is 4.90 Å². The molecule has 0 aromatic carbocycles. The topological polar surface area (TPSA) is 80.5 Å². The zero-order valence-corrected chi connectivity index (χ0v) is 11.4. The Morgan fingerprint density at radius 2 is 1.88 bits per heavy atom. The molecule has 5 nitrogen and oxygen atoms in total. The van der Waals surface area contributed by atoms with E-state index in [1.54, 1.807) is 0 Å². The first-order valence-corrected chi connectivity index (χ1v) is 7.95. The van der Waals surface area contributed by atoms with Crippen LogP contribution in [0.3, 0.4) is 0 Å². The average Bonchev–Trinajstić information content (AvgIpc) is 3.00. The minimum absolute atomic E-state index is 0.0648. The second-order valence-electron chi connectivity index (χ2n) is 4.62. The van der Waals surface area contributed by atoms with E-state index < -0.39 is 15.6 Å². The van der Waals surface area contributed by atoms with Crippen LogP contribution in [0, 0.1) is 5.92 Å². The Balaban J connectivity index is 2.50. The molecule has 1 unspecified atom stereocenters. The van der Waals surface area contributed by atoms with E-state index in [9.17, 15) is 13.2 Å². The van der Waals surface area contributed by atoms with E-state index in [0.717, 1.165) is 12.8 Å². The smallest absolute Gasteiger partial charge is 0.237 e. The van der Waals surface area contributed by atoms with E-state index in [1.165, 1.54) is 4.90 Å². The highest BCUT2D eigenvalue weighted by atomic mass is 32.2. The molecule has 0 aromatic rings. The van der Waals surface area contributed by atoms with Crippen molar-refractivity contribution in [3.05, 3.63) is 0 Å². The van der Waals surface area contributed by atoms with E-state index in [1.807, 2.05) is 13.8 Å². The van der Waals surface area contributed by atoms with Gasteiger partial charge in [-0.2, -0.15) is 0 Å². The first kappa shape index (κ1) is 14.4. The third kappa shape index (κ3) is 4.63. The van der Waals surface area contributed by atoms with Gasteiger partial charge < -0.3 is 10.6 Å². The third-order valence-corrected chi connectivity index (χ3v) is 4.71. The van der Waals surface area contributed by atoms with Gasteiger partial charge in [0.05, 0.1) is 5.75 Å². The van der Waals surface area contributed by atoms with Crippen molar-refractivity contribution in [2.24, 2.45) is 11.7 Å². The number of amides is 1. The maximum absolute atomic E-state index is 11.8. The second kappa shape index (κ2) is 5.82. The summed E-state index contributed by atoms with van der Waals surface area (Å²) in [6.07, 6.45) is 2.03. The average molecular weight is 262 g/mol. The molecule has 17 heavy (non-hydrogen) atoms. The lowest BCUT2D eigenvalue weighted by molar-refractivity contribution is -0.128. The van der Waals surface area contributed by atoms with E-state index in [4.69, 9.17) is 5.73 Å². The molecule has 0 bridgehead atoms. The zero-order chi connectivity index (χ0) is 13.1. The molecule has 1 rings (SSSR count). The van der Waals surface area contributed by atoms with Crippen LogP contribution in [-0.2, 0) is 14.6 Å². The van der Waals surface area contributed by atoms with Gasteiger partial charge in [-0.1, -0.05) is 0 Å². The molecular weight excluding hydrogens is 240 g/mol. The number of nitrogens with two attached hydrogens (primary N) is 1. The maximum atomic E-state index is 11.8. The van der Waals surface area contributed by atoms with Crippen LogP contribution in [0.15, 0.2) is 0 Å². The van der Waals surface area contributed by atoms with Gasteiger partial charge in [0.25, 0.3) is 0 Å². The molecule has 0 spiro atoms. The lowest BCUT2D eigenvalue weighted by Gasteiger charge is -2.19. The molecule has 100 valence electrons. The van der Waals surface area contributed by atoms with E-state index in [2.05, 4.69) is 0 Å². The Morgan fingerprint density at radius 1 is 1.35 bits per heavy atom. The van der Waals surface area contributed by atoms with Gasteiger partial charge in [-0.3, -0.25) is 4.79 Å². The molecule has 0 heterocycles. The fourth-order valence-corrected chi connectivity index (χ4v) is 3.40. The fraction of sp³-hybridized carbons (Fsp3) is 0.909. The highest BCUT2D eigenvalue weighted by Gasteiger charge is 2.32. The number of sulfone groups is 1. The number of rotatable bonds is 7. The summed E-state index contributed by atoms with van der Waals surface area (Å²) >= 11 is 0. The molecule has 1 amide bonds. The lowest BCUT2D eigenvalue weighted by atomic mass is 10.2. The van der Waals surface area contributed by atoms with Gasteiger partial charge in [0.15, 0.2) is 9.84 Å². The summed E-state index contributed by atoms with van der Waals surface area (Å²) in [6, 6.07) is -0.301. The summed E-state index contributed by atoms with van der Waals surface area (Å²) in [4.78, 5) is 13.2. The Labute approximate surface area is 103 Å². The summed E-state index contributed by atoms with van der Waals surface area (Å²) < 4.78 is 23.6. The standard InChI is InChI=1S/C11H22N2O3S/c1-3-13(4-2)11(14)8-17(15,16)7-10(12)9-5-6-9/h9-10H,3-8,12H2,1-2H3. The molecular formula is C11H22N2O3S. The predicted molar refractivity (Wildman–Crippen MR) is 67.3 cm³/mol. The summed E-state index contributed by atoms with van der Waals surface area (Å²) in [7, 11) is -3.37. The maximum Gasteiger partial charge on any atom is 0.237 e. The number of hydrogen-bond acceptors (Lipinski definition) is 4. The van der Waals surface area contributed by atoms with Gasteiger partial charge in [-0.05, 0) is 32.6 Å². The summed E-state index contributed by atoms with van der Waals surface area (Å²) in [5.41, 5.74) is 5.78. The van der Waals surface area contributed by atoms with Gasteiger partial charge in [0.1, 0.15) is 5.75 Å². The highest BCUT2D eigenvalue weighted by molar-refractivity contribution is 7.92. The SMILES string of the molecule is CCN(CC)C(=O)CS(=O)(=O)CC(N)C1CC1. The van der Waals surface area contributed by atoms with Crippen LogP contribution in [0.1, 0.15) is 26.7 Å². The van der Waals surface area contributed by atoms with E-state index >= 15 is 0 Å². The van der Waals surface area contributed by atoms with Crippen LogP contribution < -0.4 is 5.73 Å². The van der Waals surface area contributed by atoms with Crippen LogP contribution in [0.5, 0.6) is 0 Å². The van der Waals surface area contributed by atoms with Crippen molar-refractivity contribution in [3.8, 4) is 0 Å². The van der Waals surface area contributed by atoms with Crippen LogP contribution in [0.4, 0.5) is 0 Å². The van der Waals surface area contributed by atoms with Crippen molar-refractivity contribution in [3.63, 3.8) is 0 Å². The number of hydrogen-bond donors (Lipinski definition) is 1. The number of carbonyl (C=O) groups excluding carboxylic acids is 1. The van der Waals surface area contributed by atoms with Crippen LogP contribution in [-0.4, -0.2) is 49.9 Å². The van der Waals surface area contributed by atoms with Gasteiger partial charge in [0, 0.05) is 19.1 Å². The second-order valence-corrected chi connectivity index (χ2v) is 6.73. The normalized spacial score (nSPS) is 17.8. The largest absolute Gasteiger partial charge is 0.342 e. The molecule has 0 aliphatic heterocycles. The quantitative estimate of drug-likeness (QED) is 0.700. The molecule has 1 fully saturated rings. The minimum atomic E-state index is -3.37. The van der Waals surface area contributed by atoms with Crippen molar-refractivity contribution in [1.29, 1.82) is 0 Å².